The average Bonchev–Trinajstić information content (AvgIpc) is 3.28. The van der Waals surface area contributed by atoms with Crippen LogP contribution in [0.15, 0.2) is 54.2 Å². The lowest BCUT2D eigenvalue weighted by Gasteiger charge is -2.05. The van der Waals surface area contributed by atoms with Gasteiger partial charge in [0, 0.05) is 5.02 Å². The number of hydrazone groups is 1. The van der Waals surface area contributed by atoms with Gasteiger partial charge in [-0.2, -0.15) is 5.10 Å². The average molecular weight is 506 g/mol. The first kappa shape index (κ1) is 20.7. The highest BCUT2D eigenvalue weighted by Crippen LogP contribution is 2.28. The monoisotopic (exact) mass is 504 g/mol. The first-order chi connectivity index (χ1) is 13.5. The zero-order valence-electron chi connectivity index (χ0n) is 13.9. The topological polar surface area (TPSA) is 103 Å². The fraction of sp³-hybridized carbons (Fsp3) is 0.125. The molecule has 3 rings (SSSR count). The van der Waals surface area contributed by atoms with Crippen LogP contribution in [0.4, 0.5) is 0 Å². The Balaban J connectivity index is 1.42. The molecule has 1 N–H and O–H groups in total. The Morgan fingerprint density at radius 3 is 2.89 bits per heavy atom. The molecular formula is C16H11BrCl2N4O4S. The van der Waals surface area contributed by atoms with E-state index in [1.165, 1.54) is 6.21 Å². The van der Waals surface area contributed by atoms with Crippen molar-refractivity contribution in [3.63, 3.8) is 0 Å². The van der Waals surface area contributed by atoms with Gasteiger partial charge in [-0.15, -0.1) is 10.2 Å². The van der Waals surface area contributed by atoms with Crippen molar-refractivity contribution >= 4 is 63.0 Å². The summed E-state index contributed by atoms with van der Waals surface area (Å²) in [6, 6.07) is 8.29. The molecule has 3 aromatic rings. The number of halogens is 3. The van der Waals surface area contributed by atoms with Gasteiger partial charge in [-0.3, -0.25) is 4.79 Å². The number of furan rings is 1. The van der Waals surface area contributed by atoms with Gasteiger partial charge in [0.05, 0.1) is 17.0 Å². The smallest absolute Gasteiger partial charge is 0.277 e. The Hall–Kier alpha value is -2.01. The molecule has 1 aromatic carbocycles. The molecule has 0 spiro atoms. The molecule has 0 aliphatic carbocycles. The summed E-state index contributed by atoms with van der Waals surface area (Å²) in [5.41, 5.74) is 2.37. The SMILES string of the molecule is O=C(CSc1nnc(COc2ccc(Cl)cc2Cl)o1)N/N=C\c1ccc(Br)o1. The number of nitrogens with one attached hydrogen (secondary N) is 1. The number of amides is 1. The molecule has 0 atom stereocenters. The second kappa shape index (κ2) is 9.97. The molecule has 146 valence electrons. The van der Waals surface area contributed by atoms with E-state index in [9.17, 15) is 4.79 Å². The fourth-order valence-electron chi connectivity index (χ4n) is 1.81. The molecule has 28 heavy (non-hydrogen) atoms. The molecule has 0 saturated heterocycles. The van der Waals surface area contributed by atoms with E-state index in [0.29, 0.717) is 26.2 Å². The highest BCUT2D eigenvalue weighted by Gasteiger charge is 2.11. The minimum absolute atomic E-state index is 0.0319. The number of nitrogens with zero attached hydrogens (tertiary/aromatic N) is 3. The van der Waals surface area contributed by atoms with E-state index in [1.807, 2.05) is 0 Å². The van der Waals surface area contributed by atoms with Gasteiger partial charge >= 0.3 is 0 Å². The lowest BCUT2D eigenvalue weighted by Crippen LogP contribution is -2.19. The number of carbonyl (C=O) groups is 1. The maximum atomic E-state index is 11.8. The maximum Gasteiger partial charge on any atom is 0.277 e. The molecule has 0 aliphatic heterocycles. The van der Waals surface area contributed by atoms with Gasteiger partial charge in [0.2, 0.25) is 0 Å². The number of ether oxygens (including phenoxy) is 1. The number of rotatable bonds is 8. The minimum atomic E-state index is -0.337. The minimum Gasteiger partial charge on any atom is -0.482 e. The largest absolute Gasteiger partial charge is 0.482 e. The van der Waals surface area contributed by atoms with Crippen LogP contribution in [0.5, 0.6) is 5.75 Å². The second-order valence-electron chi connectivity index (χ2n) is 5.05. The molecule has 0 unspecified atom stereocenters. The molecular weight excluding hydrogens is 495 g/mol. The molecule has 0 radical (unpaired) electrons. The third-order valence-corrected chi connectivity index (χ3v) is 4.77. The number of hydrogen-bond donors (Lipinski definition) is 1. The summed E-state index contributed by atoms with van der Waals surface area (Å²) in [5, 5.41) is 12.6. The molecule has 2 heterocycles. The van der Waals surface area contributed by atoms with E-state index < -0.39 is 0 Å². The normalized spacial score (nSPS) is 11.1. The Morgan fingerprint density at radius 1 is 1.29 bits per heavy atom. The van der Waals surface area contributed by atoms with Crippen LogP contribution >= 0.6 is 50.9 Å². The summed E-state index contributed by atoms with van der Waals surface area (Å²) in [6.45, 7) is 0.0319. The predicted molar refractivity (Wildman–Crippen MR) is 108 cm³/mol. The van der Waals surface area contributed by atoms with Gasteiger partial charge in [-0.1, -0.05) is 35.0 Å². The predicted octanol–water partition coefficient (Wildman–Crippen LogP) is 4.55. The number of aromatic nitrogens is 2. The fourth-order valence-corrected chi connectivity index (χ4v) is 3.17. The van der Waals surface area contributed by atoms with Gasteiger partial charge in [-0.25, -0.2) is 5.43 Å². The summed E-state index contributed by atoms with van der Waals surface area (Å²) in [4.78, 5) is 11.8. The van der Waals surface area contributed by atoms with Crippen LogP contribution in [0.2, 0.25) is 10.0 Å². The van der Waals surface area contributed by atoms with Crippen LogP contribution in [0, 0.1) is 0 Å². The van der Waals surface area contributed by atoms with E-state index in [1.54, 1.807) is 30.3 Å². The summed E-state index contributed by atoms with van der Waals surface area (Å²) in [7, 11) is 0. The highest BCUT2D eigenvalue weighted by atomic mass is 79.9. The molecule has 0 bridgehead atoms. The van der Waals surface area contributed by atoms with E-state index in [2.05, 4.69) is 36.7 Å². The maximum absolute atomic E-state index is 11.8. The first-order valence-electron chi connectivity index (χ1n) is 7.60. The summed E-state index contributed by atoms with van der Waals surface area (Å²) in [6.07, 6.45) is 1.39. The Labute approximate surface area is 181 Å². The molecule has 0 aliphatic rings. The van der Waals surface area contributed by atoms with Crippen LogP contribution in [-0.4, -0.2) is 28.1 Å². The Bertz CT molecular complexity index is 995. The van der Waals surface area contributed by atoms with Crippen LogP contribution < -0.4 is 10.2 Å². The quantitative estimate of drug-likeness (QED) is 0.272. The Kier molecular flexibility index (Phi) is 7.37. The number of benzene rings is 1. The summed E-state index contributed by atoms with van der Waals surface area (Å²) in [5.74, 6) is 0.901. The zero-order valence-corrected chi connectivity index (χ0v) is 17.8. The first-order valence-corrected chi connectivity index (χ1v) is 10.1. The van der Waals surface area contributed by atoms with Crippen molar-refractivity contribution in [2.24, 2.45) is 5.10 Å². The molecule has 8 nitrogen and oxygen atoms in total. The van der Waals surface area contributed by atoms with Crippen LogP contribution in [0.25, 0.3) is 0 Å². The van der Waals surface area contributed by atoms with E-state index >= 15 is 0 Å². The zero-order chi connectivity index (χ0) is 19.9. The molecule has 0 saturated carbocycles. The van der Waals surface area contributed by atoms with E-state index in [0.717, 1.165) is 11.8 Å². The molecule has 0 fully saturated rings. The van der Waals surface area contributed by atoms with E-state index in [-0.39, 0.29) is 29.4 Å². The van der Waals surface area contributed by atoms with Crippen LogP contribution in [0.1, 0.15) is 11.7 Å². The van der Waals surface area contributed by atoms with Gasteiger partial charge in [0.15, 0.2) is 11.3 Å². The van der Waals surface area contributed by atoms with Crippen molar-refractivity contribution in [3.05, 3.63) is 56.7 Å². The van der Waals surface area contributed by atoms with Crippen molar-refractivity contribution in [2.75, 3.05) is 5.75 Å². The van der Waals surface area contributed by atoms with Gasteiger partial charge < -0.3 is 13.6 Å². The van der Waals surface area contributed by atoms with E-state index in [4.69, 9.17) is 36.8 Å². The highest BCUT2D eigenvalue weighted by molar-refractivity contribution is 9.10. The standard InChI is InChI=1S/C16H11BrCl2N4O4S/c17-13-4-2-10(26-13)6-20-21-14(24)8-28-16-23-22-15(27-16)7-25-12-3-1-9(18)5-11(12)19/h1-6H,7-8H2,(H,21,24)/b20-6-. The summed E-state index contributed by atoms with van der Waals surface area (Å²) < 4.78 is 16.7. The molecule has 12 heteroatoms. The lowest BCUT2D eigenvalue weighted by atomic mass is 10.3. The summed E-state index contributed by atoms with van der Waals surface area (Å²) >= 11 is 16.1. The van der Waals surface area contributed by atoms with Crippen LogP contribution in [-0.2, 0) is 11.4 Å². The van der Waals surface area contributed by atoms with Crippen molar-refractivity contribution in [1.29, 1.82) is 0 Å². The van der Waals surface area contributed by atoms with Crippen molar-refractivity contribution in [1.82, 2.24) is 15.6 Å². The van der Waals surface area contributed by atoms with Crippen molar-refractivity contribution < 1.29 is 18.4 Å². The lowest BCUT2D eigenvalue weighted by molar-refractivity contribution is -0.118. The van der Waals surface area contributed by atoms with Crippen molar-refractivity contribution in [2.45, 2.75) is 11.8 Å². The Morgan fingerprint density at radius 2 is 2.14 bits per heavy atom. The molecule has 2 aromatic heterocycles. The third-order valence-electron chi connectivity index (χ3n) is 3.00. The second-order valence-corrected chi connectivity index (χ2v) is 7.60. The van der Waals surface area contributed by atoms with Gasteiger partial charge in [-0.05, 0) is 46.3 Å². The molecule has 1 amide bonds. The van der Waals surface area contributed by atoms with Gasteiger partial charge in [0.25, 0.3) is 17.0 Å². The van der Waals surface area contributed by atoms with Gasteiger partial charge in [0.1, 0.15) is 11.5 Å². The third kappa shape index (κ3) is 6.26. The number of thioether (sulfide) groups is 1. The number of carbonyl (C=O) groups excluding carboxylic acids is 1. The van der Waals surface area contributed by atoms with Crippen molar-refractivity contribution in [3.8, 4) is 5.75 Å². The number of hydrogen-bond acceptors (Lipinski definition) is 8. The van der Waals surface area contributed by atoms with Crippen LogP contribution in [0.3, 0.4) is 0 Å².